The molecule has 18 heavy (non-hydrogen) atoms. The zero-order valence-electron chi connectivity index (χ0n) is 10.2. The number of carbonyl (C=O) groups is 1. The van der Waals surface area contributed by atoms with Crippen LogP contribution in [0, 0.1) is 0 Å². The van der Waals surface area contributed by atoms with E-state index < -0.39 is 0 Å². The summed E-state index contributed by atoms with van der Waals surface area (Å²) in [5, 5.41) is 7.64. The van der Waals surface area contributed by atoms with Crippen molar-refractivity contribution in [3.05, 3.63) is 33.8 Å². The van der Waals surface area contributed by atoms with Crippen molar-refractivity contribution in [3.8, 4) is 0 Å². The van der Waals surface area contributed by atoms with Gasteiger partial charge in [-0.3, -0.25) is 4.79 Å². The van der Waals surface area contributed by atoms with Gasteiger partial charge in [0.25, 0.3) is 0 Å². The first-order valence-electron chi connectivity index (χ1n) is 6.04. The Kier molecular flexibility index (Phi) is 4.49. The SMILES string of the molecule is CC(NC1CCC(=O)NC1)c1ccc(Cl)cc1Cl. The molecule has 1 saturated heterocycles. The first kappa shape index (κ1) is 13.7. The summed E-state index contributed by atoms with van der Waals surface area (Å²) in [4.78, 5) is 11.1. The molecular weight excluding hydrogens is 271 g/mol. The minimum Gasteiger partial charge on any atom is -0.355 e. The molecule has 0 spiro atoms. The summed E-state index contributed by atoms with van der Waals surface area (Å²) in [5.41, 5.74) is 1.03. The first-order valence-corrected chi connectivity index (χ1v) is 6.79. The van der Waals surface area contributed by atoms with Gasteiger partial charge in [0.05, 0.1) is 0 Å². The smallest absolute Gasteiger partial charge is 0.220 e. The third-order valence-electron chi connectivity index (χ3n) is 3.18. The van der Waals surface area contributed by atoms with Gasteiger partial charge in [0.1, 0.15) is 0 Å². The molecule has 0 saturated carbocycles. The van der Waals surface area contributed by atoms with Crippen LogP contribution in [0.5, 0.6) is 0 Å². The molecule has 2 N–H and O–H groups in total. The van der Waals surface area contributed by atoms with Crippen LogP contribution in [-0.2, 0) is 4.79 Å². The Hall–Kier alpha value is -0.770. The summed E-state index contributed by atoms with van der Waals surface area (Å²) in [7, 11) is 0. The Balaban J connectivity index is 1.98. The third-order valence-corrected chi connectivity index (χ3v) is 3.74. The van der Waals surface area contributed by atoms with E-state index >= 15 is 0 Å². The molecule has 2 unspecified atom stereocenters. The summed E-state index contributed by atoms with van der Waals surface area (Å²) in [6, 6.07) is 5.95. The Bertz CT molecular complexity index is 441. The van der Waals surface area contributed by atoms with E-state index in [4.69, 9.17) is 23.2 Å². The van der Waals surface area contributed by atoms with Gasteiger partial charge in [-0.15, -0.1) is 0 Å². The Morgan fingerprint density at radius 2 is 2.22 bits per heavy atom. The summed E-state index contributed by atoms with van der Waals surface area (Å²) < 4.78 is 0. The number of carbonyl (C=O) groups excluding carboxylic acids is 1. The van der Waals surface area contributed by atoms with Crippen LogP contribution in [0.15, 0.2) is 18.2 Å². The summed E-state index contributed by atoms with van der Waals surface area (Å²) in [6.45, 7) is 2.74. The number of rotatable bonds is 3. The van der Waals surface area contributed by atoms with Gasteiger partial charge >= 0.3 is 0 Å². The van der Waals surface area contributed by atoms with E-state index in [0.29, 0.717) is 29.1 Å². The van der Waals surface area contributed by atoms with Crippen molar-refractivity contribution in [1.82, 2.24) is 10.6 Å². The van der Waals surface area contributed by atoms with Crippen molar-refractivity contribution < 1.29 is 4.79 Å². The number of hydrogen-bond donors (Lipinski definition) is 2. The molecule has 0 aliphatic carbocycles. The molecule has 0 bridgehead atoms. The molecule has 1 aromatic carbocycles. The minimum atomic E-state index is 0.130. The van der Waals surface area contributed by atoms with Gasteiger partial charge in [0.2, 0.25) is 5.91 Å². The van der Waals surface area contributed by atoms with E-state index in [1.807, 2.05) is 12.1 Å². The number of benzene rings is 1. The molecule has 98 valence electrons. The monoisotopic (exact) mass is 286 g/mol. The van der Waals surface area contributed by atoms with Crippen molar-refractivity contribution in [2.24, 2.45) is 0 Å². The number of hydrogen-bond acceptors (Lipinski definition) is 2. The van der Waals surface area contributed by atoms with E-state index in [1.54, 1.807) is 6.07 Å². The lowest BCUT2D eigenvalue weighted by molar-refractivity contribution is -0.122. The van der Waals surface area contributed by atoms with Gasteiger partial charge in [0, 0.05) is 35.1 Å². The summed E-state index contributed by atoms with van der Waals surface area (Å²) in [6.07, 6.45) is 1.44. The van der Waals surface area contributed by atoms with Gasteiger partial charge in [0.15, 0.2) is 0 Å². The van der Waals surface area contributed by atoms with Gasteiger partial charge in [-0.25, -0.2) is 0 Å². The lowest BCUT2D eigenvalue weighted by atomic mass is 10.0. The standard InChI is InChI=1S/C13H16Cl2N2O/c1-8(11-4-2-9(14)6-12(11)15)17-10-3-5-13(18)16-7-10/h2,4,6,8,10,17H,3,5,7H2,1H3,(H,16,18). The van der Waals surface area contributed by atoms with Crippen molar-refractivity contribution in [3.63, 3.8) is 0 Å². The highest BCUT2D eigenvalue weighted by Gasteiger charge is 2.20. The van der Waals surface area contributed by atoms with E-state index in [1.165, 1.54) is 0 Å². The first-order chi connectivity index (χ1) is 8.56. The molecule has 0 radical (unpaired) electrons. The molecule has 1 aromatic rings. The van der Waals surface area contributed by atoms with Gasteiger partial charge < -0.3 is 10.6 Å². The van der Waals surface area contributed by atoms with Gasteiger partial charge in [-0.1, -0.05) is 29.3 Å². The van der Waals surface area contributed by atoms with Crippen molar-refractivity contribution >= 4 is 29.1 Å². The second kappa shape index (κ2) is 5.91. The van der Waals surface area contributed by atoms with Gasteiger partial charge in [-0.05, 0) is 31.0 Å². The highest BCUT2D eigenvalue weighted by Crippen LogP contribution is 2.26. The lowest BCUT2D eigenvalue weighted by Crippen LogP contribution is -2.46. The maximum atomic E-state index is 11.1. The average molecular weight is 287 g/mol. The van der Waals surface area contributed by atoms with E-state index in [2.05, 4.69) is 17.6 Å². The minimum absolute atomic E-state index is 0.130. The van der Waals surface area contributed by atoms with Crippen molar-refractivity contribution in [2.75, 3.05) is 6.54 Å². The highest BCUT2D eigenvalue weighted by atomic mass is 35.5. The topological polar surface area (TPSA) is 41.1 Å². The second-order valence-corrected chi connectivity index (χ2v) is 5.44. The predicted octanol–water partition coefficient (Wildman–Crippen LogP) is 2.92. The maximum Gasteiger partial charge on any atom is 0.220 e. The summed E-state index contributed by atoms with van der Waals surface area (Å²) >= 11 is 12.0. The normalized spacial score (nSPS) is 21.5. The number of piperidine rings is 1. The van der Waals surface area contributed by atoms with Gasteiger partial charge in [-0.2, -0.15) is 0 Å². The quantitative estimate of drug-likeness (QED) is 0.897. The summed E-state index contributed by atoms with van der Waals surface area (Å²) in [5.74, 6) is 0.130. The molecule has 3 nitrogen and oxygen atoms in total. The van der Waals surface area contributed by atoms with Crippen LogP contribution in [-0.4, -0.2) is 18.5 Å². The molecule has 1 heterocycles. The zero-order chi connectivity index (χ0) is 13.1. The average Bonchev–Trinajstić information content (AvgIpc) is 2.32. The van der Waals surface area contributed by atoms with Crippen LogP contribution in [0.25, 0.3) is 0 Å². The number of halogens is 2. The predicted molar refractivity (Wildman–Crippen MR) is 74.0 cm³/mol. The molecule has 1 aliphatic rings. The third kappa shape index (κ3) is 3.37. The highest BCUT2D eigenvalue weighted by molar-refractivity contribution is 6.35. The van der Waals surface area contributed by atoms with Crippen LogP contribution >= 0.6 is 23.2 Å². The second-order valence-electron chi connectivity index (χ2n) is 4.59. The Morgan fingerprint density at radius 1 is 1.44 bits per heavy atom. The molecule has 5 heteroatoms. The number of amides is 1. The fraction of sp³-hybridized carbons (Fsp3) is 0.462. The Morgan fingerprint density at radius 3 is 2.83 bits per heavy atom. The molecule has 2 atom stereocenters. The molecule has 1 amide bonds. The van der Waals surface area contributed by atoms with Crippen LogP contribution in [0.1, 0.15) is 31.4 Å². The lowest BCUT2D eigenvalue weighted by Gasteiger charge is -2.27. The van der Waals surface area contributed by atoms with E-state index in [-0.39, 0.29) is 11.9 Å². The van der Waals surface area contributed by atoms with Crippen LogP contribution in [0.3, 0.4) is 0 Å². The fourth-order valence-electron chi connectivity index (χ4n) is 2.17. The Labute approximate surface area is 117 Å². The molecule has 0 aromatic heterocycles. The molecule has 2 rings (SSSR count). The molecular formula is C13H16Cl2N2O. The zero-order valence-corrected chi connectivity index (χ0v) is 11.7. The molecule has 1 aliphatic heterocycles. The van der Waals surface area contributed by atoms with E-state index in [9.17, 15) is 4.79 Å². The largest absolute Gasteiger partial charge is 0.355 e. The van der Waals surface area contributed by atoms with Crippen molar-refractivity contribution in [1.29, 1.82) is 0 Å². The maximum absolute atomic E-state index is 11.1. The number of nitrogens with one attached hydrogen (secondary N) is 2. The van der Waals surface area contributed by atoms with E-state index in [0.717, 1.165) is 12.0 Å². The van der Waals surface area contributed by atoms with Crippen molar-refractivity contribution in [2.45, 2.75) is 31.8 Å². The molecule has 1 fully saturated rings. The fourth-order valence-corrected chi connectivity index (χ4v) is 2.74. The van der Waals surface area contributed by atoms with Crippen LogP contribution in [0.2, 0.25) is 10.0 Å². The van der Waals surface area contributed by atoms with Crippen LogP contribution in [0.4, 0.5) is 0 Å². The van der Waals surface area contributed by atoms with Crippen LogP contribution < -0.4 is 10.6 Å².